The summed E-state index contributed by atoms with van der Waals surface area (Å²) >= 11 is 1.34. The normalized spacial score (nSPS) is 12.6. The molecule has 0 aliphatic rings. The minimum Gasteiger partial charge on any atom is -0.398 e. The highest BCUT2D eigenvalue weighted by atomic mass is 32.1. The summed E-state index contributed by atoms with van der Waals surface area (Å²) in [4.78, 5) is 9.89. The zero-order valence-electron chi connectivity index (χ0n) is 9.21. The maximum absolute atomic E-state index is 10.5. The van der Waals surface area contributed by atoms with Gasteiger partial charge in [-0.15, -0.1) is 10.2 Å². The van der Waals surface area contributed by atoms with Crippen LogP contribution < -0.4 is 5.32 Å². The predicted octanol–water partition coefficient (Wildman–Crippen LogP) is 1.99. The van der Waals surface area contributed by atoms with Crippen molar-refractivity contribution in [2.24, 2.45) is 0 Å². The highest BCUT2D eigenvalue weighted by molar-refractivity contribution is 7.14. The van der Waals surface area contributed by atoms with Crippen molar-refractivity contribution in [2.45, 2.75) is 13.0 Å². The minimum absolute atomic E-state index is 0.0891. The van der Waals surface area contributed by atoms with E-state index in [4.69, 9.17) is 4.42 Å². The number of aromatic nitrogens is 2. The first-order valence-corrected chi connectivity index (χ1v) is 5.68. The van der Waals surface area contributed by atoms with Gasteiger partial charge < -0.3 is 9.73 Å². The number of nitrogens with zero attached hydrogens (tertiary/aromatic N) is 3. The van der Waals surface area contributed by atoms with Gasteiger partial charge in [0.25, 0.3) is 0 Å². The van der Waals surface area contributed by atoms with E-state index in [2.05, 4.69) is 15.5 Å². The zero-order valence-corrected chi connectivity index (χ0v) is 10.0. The van der Waals surface area contributed by atoms with Gasteiger partial charge in [0.05, 0.1) is 12.1 Å². The molecule has 1 N–H and O–H groups in total. The van der Waals surface area contributed by atoms with Crippen LogP contribution in [-0.4, -0.2) is 22.2 Å². The molecule has 1 atom stereocenters. The van der Waals surface area contributed by atoms with Crippen LogP contribution in [0.3, 0.4) is 0 Å². The van der Waals surface area contributed by atoms with Crippen molar-refractivity contribution in [1.82, 2.24) is 15.5 Å². The van der Waals surface area contributed by atoms with E-state index in [9.17, 15) is 10.1 Å². The summed E-state index contributed by atoms with van der Waals surface area (Å²) < 4.78 is 5.05. The van der Waals surface area contributed by atoms with E-state index >= 15 is 0 Å². The summed E-state index contributed by atoms with van der Waals surface area (Å²) in [7, 11) is 1.82. The third kappa shape index (κ3) is 2.32. The van der Waals surface area contributed by atoms with Crippen LogP contribution in [-0.2, 0) is 0 Å². The Labute approximate surface area is 101 Å². The molecule has 2 aromatic rings. The molecule has 90 valence electrons. The summed E-state index contributed by atoms with van der Waals surface area (Å²) in [5.74, 6) is 0.0715. The van der Waals surface area contributed by atoms with E-state index in [1.165, 1.54) is 23.5 Å². The average molecular weight is 254 g/mol. The number of nitrogens with one attached hydrogen (secondary N) is 1. The van der Waals surface area contributed by atoms with Gasteiger partial charge in [0.15, 0.2) is 10.8 Å². The lowest BCUT2D eigenvalue weighted by atomic mass is 10.4. The number of hydrogen-bond donors (Lipinski definition) is 1. The third-order valence-corrected chi connectivity index (χ3v) is 3.35. The molecule has 2 aromatic heterocycles. The van der Waals surface area contributed by atoms with Crippen molar-refractivity contribution in [1.29, 1.82) is 0 Å². The van der Waals surface area contributed by atoms with Crippen molar-refractivity contribution in [3.05, 3.63) is 27.3 Å². The topological polar surface area (TPSA) is 94.1 Å². The van der Waals surface area contributed by atoms with Gasteiger partial charge in [-0.1, -0.05) is 11.3 Å². The van der Waals surface area contributed by atoms with Crippen LogP contribution in [0, 0.1) is 10.1 Å². The van der Waals surface area contributed by atoms with Crippen LogP contribution in [0.1, 0.15) is 18.0 Å². The van der Waals surface area contributed by atoms with Crippen molar-refractivity contribution in [3.8, 4) is 10.8 Å². The third-order valence-electron chi connectivity index (χ3n) is 2.23. The SMILES string of the molecule is CNC(C)c1nnc(-c2ccc([N+](=O)[O-])o2)s1. The van der Waals surface area contributed by atoms with Gasteiger partial charge in [-0.3, -0.25) is 10.1 Å². The quantitative estimate of drug-likeness (QED) is 0.662. The molecule has 0 aliphatic carbocycles. The number of furan rings is 1. The van der Waals surface area contributed by atoms with E-state index in [1.807, 2.05) is 14.0 Å². The fourth-order valence-electron chi connectivity index (χ4n) is 1.17. The summed E-state index contributed by atoms with van der Waals surface area (Å²) in [6.45, 7) is 1.95. The van der Waals surface area contributed by atoms with Crippen molar-refractivity contribution < 1.29 is 9.34 Å². The first kappa shape index (κ1) is 11.7. The van der Waals surface area contributed by atoms with Crippen LogP contribution in [0.2, 0.25) is 0 Å². The molecule has 2 rings (SSSR count). The van der Waals surface area contributed by atoms with Gasteiger partial charge in [0.2, 0.25) is 0 Å². The Morgan fingerprint density at radius 2 is 2.29 bits per heavy atom. The van der Waals surface area contributed by atoms with Crippen molar-refractivity contribution in [3.63, 3.8) is 0 Å². The lowest BCUT2D eigenvalue weighted by Crippen LogP contribution is -2.11. The van der Waals surface area contributed by atoms with Gasteiger partial charge >= 0.3 is 5.88 Å². The molecule has 0 aliphatic heterocycles. The van der Waals surface area contributed by atoms with Gasteiger partial charge in [-0.2, -0.15) is 0 Å². The standard InChI is InChI=1S/C9H10N4O3S/c1-5(10-2)8-11-12-9(17-8)6-3-4-7(16-6)13(14)15/h3-5,10H,1-2H3. The first-order chi connectivity index (χ1) is 8.11. The second kappa shape index (κ2) is 4.60. The molecule has 0 fully saturated rings. The summed E-state index contributed by atoms with van der Waals surface area (Å²) in [5, 5.41) is 22.8. The van der Waals surface area contributed by atoms with Crippen LogP contribution >= 0.6 is 11.3 Å². The Kier molecular flexibility index (Phi) is 3.16. The molecule has 0 spiro atoms. The molecule has 0 saturated heterocycles. The molecule has 0 radical (unpaired) electrons. The Balaban J connectivity index is 2.27. The second-order valence-corrected chi connectivity index (χ2v) is 4.36. The molecular weight excluding hydrogens is 244 g/mol. The molecule has 0 aromatic carbocycles. The molecule has 7 nitrogen and oxygen atoms in total. The molecule has 0 bridgehead atoms. The van der Waals surface area contributed by atoms with Gasteiger partial charge in [0.1, 0.15) is 9.93 Å². The fraction of sp³-hybridized carbons (Fsp3) is 0.333. The number of nitro groups is 1. The highest BCUT2D eigenvalue weighted by Gasteiger charge is 2.17. The molecule has 2 heterocycles. The molecule has 17 heavy (non-hydrogen) atoms. The van der Waals surface area contributed by atoms with Crippen LogP contribution in [0.4, 0.5) is 5.88 Å². The van der Waals surface area contributed by atoms with Crippen LogP contribution in [0.15, 0.2) is 16.5 Å². The Morgan fingerprint density at radius 1 is 1.53 bits per heavy atom. The molecule has 0 amide bonds. The smallest absolute Gasteiger partial charge is 0.398 e. The Hall–Kier alpha value is -1.80. The maximum atomic E-state index is 10.5. The van der Waals surface area contributed by atoms with Gasteiger partial charge in [0, 0.05) is 0 Å². The lowest BCUT2D eigenvalue weighted by molar-refractivity contribution is -0.401. The van der Waals surface area contributed by atoms with E-state index in [0.29, 0.717) is 10.8 Å². The molecule has 8 heteroatoms. The summed E-state index contributed by atoms with van der Waals surface area (Å²) in [6, 6.07) is 2.91. The largest absolute Gasteiger partial charge is 0.433 e. The van der Waals surface area contributed by atoms with Crippen LogP contribution in [0.5, 0.6) is 0 Å². The molecule has 1 unspecified atom stereocenters. The van der Waals surface area contributed by atoms with Crippen LogP contribution in [0.25, 0.3) is 10.8 Å². The first-order valence-electron chi connectivity index (χ1n) is 4.87. The minimum atomic E-state index is -0.582. The highest BCUT2D eigenvalue weighted by Crippen LogP contribution is 2.30. The Bertz CT molecular complexity index is 536. The van der Waals surface area contributed by atoms with E-state index in [0.717, 1.165) is 5.01 Å². The second-order valence-electron chi connectivity index (χ2n) is 3.35. The fourth-order valence-corrected chi connectivity index (χ4v) is 2.04. The number of hydrogen-bond acceptors (Lipinski definition) is 7. The zero-order chi connectivity index (χ0) is 12.4. The van der Waals surface area contributed by atoms with E-state index in [-0.39, 0.29) is 11.9 Å². The monoisotopic (exact) mass is 254 g/mol. The number of rotatable bonds is 4. The lowest BCUT2D eigenvalue weighted by Gasteiger charge is -2.02. The van der Waals surface area contributed by atoms with E-state index in [1.54, 1.807) is 0 Å². The maximum Gasteiger partial charge on any atom is 0.433 e. The van der Waals surface area contributed by atoms with E-state index < -0.39 is 4.92 Å². The molecular formula is C9H10N4O3S. The Morgan fingerprint density at radius 3 is 2.88 bits per heavy atom. The van der Waals surface area contributed by atoms with Gasteiger partial charge in [-0.05, 0) is 20.0 Å². The predicted molar refractivity (Wildman–Crippen MR) is 61.7 cm³/mol. The van der Waals surface area contributed by atoms with Crippen molar-refractivity contribution >= 4 is 17.2 Å². The summed E-state index contributed by atoms with van der Waals surface area (Å²) in [6.07, 6.45) is 0. The summed E-state index contributed by atoms with van der Waals surface area (Å²) in [5.41, 5.74) is 0. The van der Waals surface area contributed by atoms with Gasteiger partial charge in [-0.25, -0.2) is 0 Å². The van der Waals surface area contributed by atoms with Crippen molar-refractivity contribution in [2.75, 3.05) is 7.05 Å². The average Bonchev–Trinajstić information content (AvgIpc) is 2.95. The molecule has 0 saturated carbocycles.